The lowest BCUT2D eigenvalue weighted by atomic mass is 10.2. The summed E-state index contributed by atoms with van der Waals surface area (Å²) in [5.41, 5.74) is 0.00166. The molecule has 116 valence electrons. The largest absolute Gasteiger partial charge is 0.497 e. The second-order valence-electron chi connectivity index (χ2n) is 4.23. The van der Waals surface area contributed by atoms with Gasteiger partial charge in [-0.15, -0.1) is 0 Å². The third kappa shape index (κ3) is 3.38. The standard InChI is InChI=1S/C15H15NO6/c1-19-10-4-9(5-11(6-10)20-2)16-15(18)13-7-12(17)14(21-3)8-22-13/h4-8H,1-3H3,(H,16,18). The molecule has 0 aliphatic rings. The molecule has 1 heterocycles. The zero-order valence-corrected chi connectivity index (χ0v) is 12.3. The molecule has 2 aromatic rings. The lowest BCUT2D eigenvalue weighted by Gasteiger charge is -2.09. The number of amides is 1. The van der Waals surface area contributed by atoms with Crippen molar-refractivity contribution in [3.63, 3.8) is 0 Å². The normalized spacial score (nSPS) is 9.95. The van der Waals surface area contributed by atoms with Gasteiger partial charge in [-0.25, -0.2) is 0 Å². The minimum atomic E-state index is -0.574. The van der Waals surface area contributed by atoms with Gasteiger partial charge in [-0.05, 0) is 0 Å². The third-order valence-electron chi connectivity index (χ3n) is 2.85. The predicted octanol–water partition coefficient (Wildman–Crippen LogP) is 1.92. The van der Waals surface area contributed by atoms with E-state index in [-0.39, 0.29) is 11.5 Å². The predicted molar refractivity (Wildman–Crippen MR) is 79.0 cm³/mol. The molecule has 0 aliphatic heterocycles. The maximum atomic E-state index is 12.1. The van der Waals surface area contributed by atoms with Crippen LogP contribution in [-0.4, -0.2) is 27.2 Å². The Morgan fingerprint density at radius 1 is 1.00 bits per heavy atom. The molecule has 0 unspecified atom stereocenters. The van der Waals surface area contributed by atoms with Gasteiger partial charge in [0.2, 0.25) is 11.2 Å². The van der Waals surface area contributed by atoms with Crippen molar-refractivity contribution in [2.45, 2.75) is 0 Å². The summed E-state index contributed by atoms with van der Waals surface area (Å²) in [6.07, 6.45) is 1.09. The molecule has 7 nitrogen and oxygen atoms in total. The molecule has 2 rings (SSSR count). The van der Waals surface area contributed by atoms with E-state index in [9.17, 15) is 9.59 Å². The van der Waals surface area contributed by atoms with Crippen LogP contribution < -0.4 is 25.0 Å². The van der Waals surface area contributed by atoms with Crippen LogP contribution in [0.5, 0.6) is 17.2 Å². The number of hydrogen-bond acceptors (Lipinski definition) is 6. The summed E-state index contributed by atoms with van der Waals surface area (Å²) >= 11 is 0. The van der Waals surface area contributed by atoms with Crippen molar-refractivity contribution in [1.82, 2.24) is 0 Å². The quantitative estimate of drug-likeness (QED) is 0.908. The molecule has 1 aromatic carbocycles. The number of carbonyl (C=O) groups is 1. The Morgan fingerprint density at radius 2 is 1.64 bits per heavy atom. The number of nitrogens with one attached hydrogen (secondary N) is 1. The van der Waals surface area contributed by atoms with Crippen molar-refractivity contribution in [3.05, 3.63) is 46.5 Å². The first-order valence-electron chi connectivity index (χ1n) is 6.28. The van der Waals surface area contributed by atoms with Crippen LogP contribution >= 0.6 is 0 Å². The van der Waals surface area contributed by atoms with E-state index in [0.717, 1.165) is 12.3 Å². The highest BCUT2D eigenvalue weighted by Gasteiger charge is 2.13. The Labute approximate surface area is 126 Å². The molecule has 1 amide bonds. The Hall–Kier alpha value is -2.96. The number of benzene rings is 1. The molecule has 0 saturated carbocycles. The number of hydrogen-bond donors (Lipinski definition) is 1. The van der Waals surface area contributed by atoms with E-state index in [1.165, 1.54) is 21.3 Å². The fourth-order valence-corrected chi connectivity index (χ4v) is 1.74. The minimum Gasteiger partial charge on any atom is -0.497 e. The van der Waals surface area contributed by atoms with Crippen molar-refractivity contribution in [1.29, 1.82) is 0 Å². The minimum absolute atomic E-state index is 0.0274. The first-order valence-corrected chi connectivity index (χ1v) is 6.28. The Kier molecular flexibility index (Phi) is 4.67. The van der Waals surface area contributed by atoms with E-state index in [2.05, 4.69) is 5.32 Å². The topological polar surface area (TPSA) is 87.0 Å². The lowest BCUT2D eigenvalue weighted by Crippen LogP contribution is -2.15. The van der Waals surface area contributed by atoms with Crippen molar-refractivity contribution in [2.24, 2.45) is 0 Å². The maximum absolute atomic E-state index is 12.1. The van der Waals surface area contributed by atoms with E-state index >= 15 is 0 Å². The van der Waals surface area contributed by atoms with Gasteiger partial charge in [0, 0.05) is 30.0 Å². The molecule has 0 aliphatic carbocycles. The van der Waals surface area contributed by atoms with Crippen LogP contribution in [0.4, 0.5) is 5.69 Å². The van der Waals surface area contributed by atoms with E-state index < -0.39 is 11.3 Å². The molecular formula is C15H15NO6. The van der Waals surface area contributed by atoms with Crippen LogP contribution in [0.25, 0.3) is 0 Å². The van der Waals surface area contributed by atoms with Crippen LogP contribution in [-0.2, 0) is 0 Å². The average Bonchev–Trinajstić information content (AvgIpc) is 2.54. The summed E-state index contributed by atoms with van der Waals surface area (Å²) in [7, 11) is 4.35. The van der Waals surface area contributed by atoms with E-state index in [4.69, 9.17) is 18.6 Å². The van der Waals surface area contributed by atoms with Crippen molar-refractivity contribution in [2.75, 3.05) is 26.6 Å². The van der Waals surface area contributed by atoms with E-state index in [0.29, 0.717) is 17.2 Å². The SMILES string of the molecule is COc1cc(NC(=O)c2cc(=O)c(OC)co2)cc(OC)c1. The molecule has 0 spiro atoms. The van der Waals surface area contributed by atoms with Gasteiger partial charge in [-0.1, -0.05) is 0 Å². The number of methoxy groups -OCH3 is 3. The third-order valence-corrected chi connectivity index (χ3v) is 2.85. The second-order valence-corrected chi connectivity index (χ2v) is 4.23. The molecule has 0 saturated heterocycles. The second kappa shape index (κ2) is 6.66. The smallest absolute Gasteiger partial charge is 0.291 e. The molecule has 1 aromatic heterocycles. The number of ether oxygens (including phenoxy) is 3. The van der Waals surface area contributed by atoms with Crippen molar-refractivity contribution in [3.8, 4) is 17.2 Å². The molecule has 0 bridgehead atoms. The van der Waals surface area contributed by atoms with Crippen molar-refractivity contribution >= 4 is 11.6 Å². The first-order chi connectivity index (χ1) is 10.6. The Morgan fingerprint density at radius 3 is 2.14 bits per heavy atom. The van der Waals surface area contributed by atoms with E-state index in [1.54, 1.807) is 18.2 Å². The van der Waals surface area contributed by atoms with Gasteiger partial charge < -0.3 is 23.9 Å². The van der Waals surface area contributed by atoms with Gasteiger partial charge in [0.15, 0.2) is 5.76 Å². The maximum Gasteiger partial charge on any atom is 0.291 e. The van der Waals surface area contributed by atoms with Crippen LogP contribution in [0.15, 0.2) is 39.7 Å². The van der Waals surface area contributed by atoms with Crippen molar-refractivity contribution < 1.29 is 23.4 Å². The highest BCUT2D eigenvalue weighted by atomic mass is 16.5. The summed E-state index contributed by atoms with van der Waals surface area (Å²) in [6.45, 7) is 0. The summed E-state index contributed by atoms with van der Waals surface area (Å²) < 4.78 is 20.1. The van der Waals surface area contributed by atoms with Gasteiger partial charge in [-0.3, -0.25) is 9.59 Å². The van der Waals surface area contributed by atoms with Crippen LogP contribution in [0.3, 0.4) is 0 Å². The first kappa shape index (κ1) is 15.4. The highest BCUT2D eigenvalue weighted by Crippen LogP contribution is 2.26. The molecule has 0 radical (unpaired) electrons. The highest BCUT2D eigenvalue weighted by molar-refractivity contribution is 6.02. The summed E-state index contributed by atoms with van der Waals surface area (Å²) in [6, 6.07) is 5.96. The van der Waals surface area contributed by atoms with Gasteiger partial charge in [0.05, 0.1) is 21.3 Å². The molecule has 0 atom stereocenters. The fraction of sp³-hybridized carbons (Fsp3) is 0.200. The van der Waals surface area contributed by atoms with Gasteiger partial charge in [0.1, 0.15) is 17.8 Å². The summed E-state index contributed by atoms with van der Waals surface area (Å²) in [5.74, 6) is 0.360. The van der Waals surface area contributed by atoms with Gasteiger partial charge in [-0.2, -0.15) is 0 Å². The summed E-state index contributed by atoms with van der Waals surface area (Å²) in [4.78, 5) is 23.7. The summed E-state index contributed by atoms with van der Waals surface area (Å²) in [5, 5.41) is 2.60. The van der Waals surface area contributed by atoms with Crippen LogP contribution in [0, 0.1) is 0 Å². The number of rotatable bonds is 5. The fourth-order valence-electron chi connectivity index (χ4n) is 1.74. The Bertz CT molecular complexity index is 715. The molecule has 22 heavy (non-hydrogen) atoms. The molecule has 1 N–H and O–H groups in total. The molecule has 7 heteroatoms. The van der Waals surface area contributed by atoms with E-state index in [1.807, 2.05) is 0 Å². The average molecular weight is 305 g/mol. The number of carbonyl (C=O) groups excluding carboxylic acids is 1. The zero-order valence-electron chi connectivity index (χ0n) is 12.3. The van der Waals surface area contributed by atoms with Crippen LogP contribution in [0.2, 0.25) is 0 Å². The monoisotopic (exact) mass is 305 g/mol. The van der Waals surface area contributed by atoms with Gasteiger partial charge >= 0.3 is 0 Å². The zero-order chi connectivity index (χ0) is 16.1. The number of anilines is 1. The van der Waals surface area contributed by atoms with Crippen LogP contribution in [0.1, 0.15) is 10.6 Å². The Balaban J connectivity index is 2.25. The molecule has 0 fully saturated rings. The lowest BCUT2D eigenvalue weighted by molar-refractivity contribution is 0.0993. The van der Waals surface area contributed by atoms with Gasteiger partial charge in [0.25, 0.3) is 5.91 Å². The molecular weight excluding hydrogens is 290 g/mol.